The number of carbonyl (C=O) groups excluding carboxylic acids is 17. The lowest BCUT2D eigenvalue weighted by Gasteiger charge is -2.36. The summed E-state index contributed by atoms with van der Waals surface area (Å²) in [5.74, 6) is -17.2. The number of nitrogens with zero attached hydrogens (tertiary/aromatic N) is 5. The summed E-state index contributed by atoms with van der Waals surface area (Å²) in [4.78, 5) is 263. The van der Waals surface area contributed by atoms with Crippen molar-refractivity contribution in [3.8, 4) is 5.75 Å². The Hall–Kier alpha value is -13.0. The number of aliphatic hydroxyl groups excluding tert-OH is 1. The molecule has 9 rings (SSSR count). The SMILES string of the molecule is CCCC[C@H]1C(=O)N(C)[C@@H](CCCC)C(=O)N[C@@H](CCCN)C(=O)N[C@H](C(=O)NCC(N)=O)CSCC(=O)N[C@@H](Cc2ccc(O)cc2)C(=O)N(C)[C@@H](C)C(=O)N[C@@H](CC(N)=O)C(=O)N2CCC[C@H]2C(=O)N[C@@H](CN)C(=O)N[C@@H](CC(C)C)C(=O)N2C[C@H](Cc3ccccc3)C[C@H]2C(=O)N[C@@H](Cc2c[nH]c3ccccc23)C(=O)N[C@@H](CO)C(=O)N[C@@H](Cc2c[nH]c3ccccc23)C(=O)N1C. The summed E-state index contributed by atoms with van der Waals surface area (Å²) in [5.41, 5.74) is 27.1. The predicted molar refractivity (Wildman–Crippen MR) is 503 cm³/mol. The van der Waals surface area contributed by atoms with Crippen LogP contribution in [-0.4, -0.2) is 302 Å². The highest BCUT2D eigenvalue weighted by Crippen LogP contribution is 2.31. The molecule has 41 heteroatoms. The number of para-hydroxylation sites is 2. The number of benzene rings is 4. The van der Waals surface area contributed by atoms with Crippen molar-refractivity contribution in [2.24, 2.45) is 34.8 Å². The Morgan fingerprint density at radius 3 is 1.63 bits per heavy atom. The summed E-state index contributed by atoms with van der Waals surface area (Å²) in [6, 6.07) is 8.02. The summed E-state index contributed by atoms with van der Waals surface area (Å²) in [6.45, 7) is 6.12. The second-order valence-corrected chi connectivity index (χ2v) is 36.3. The largest absolute Gasteiger partial charge is 0.508 e. The fourth-order valence-corrected chi connectivity index (χ4v) is 18.0. The average molecular weight is 1890 g/mol. The number of fused-ring (bicyclic) bond motifs is 4. The molecule has 3 fully saturated rings. The first-order valence-electron chi connectivity index (χ1n) is 46.0. The van der Waals surface area contributed by atoms with E-state index in [4.69, 9.17) is 22.9 Å². The van der Waals surface area contributed by atoms with Gasteiger partial charge in [-0.2, -0.15) is 0 Å². The highest BCUT2D eigenvalue weighted by atomic mass is 32.2. The molecule has 2 aromatic heterocycles. The number of nitrogens with two attached hydrogens (primary N) is 4. The van der Waals surface area contributed by atoms with E-state index in [0.29, 0.717) is 70.6 Å². The standard InChI is InChI=1S/C94H131N21O19S/c1-9-11-29-74-87(127)103-65(28-20-36-95)83(123)110-73(82(122)101-48-79(98)119)51-135-52-80(120)102-68(40-56-32-34-60(117)35-33-56)90(130)111(6)54(5)81(121)105-70(44-78(97)118)92(132)114-37-21-31-75(114)88(128)108-71(45-96)85(125)106-67(38-53(3)4)93(133)115-49-57(39-55-22-14-13-15-23-55)41-77(115)89(129)104-66(42-58-46-99-63-26-18-16-24-61(58)63)84(124)109-72(50-116)86(126)107-69(43-59-47-100-64-27-19-17-25-62(59)64)91(131)113(8)76(30-12-10-2)94(134)112(74)7/h13-19,22-27,32-35,46-47,53-54,57,65-77,99-100,116-117H,9-12,20-21,28-31,36-45,48-52,95-96H2,1-8H3,(H2,97,118)(H2,98,119)(H,101,122)(H,102,120)(H,103,127)(H,104,129)(H,105,121)(H,106,125)(H,107,126)(H,108,128)(H,109,124)(H,110,123)/t54-,57+,65-,66-,67-,68-,69-,70-,71-,72-,73-,74-,75-,76-,77-/m0/s1. The summed E-state index contributed by atoms with van der Waals surface area (Å²) >= 11 is 0.786. The van der Waals surface area contributed by atoms with Gasteiger partial charge < -0.3 is 121 Å². The van der Waals surface area contributed by atoms with Crippen molar-refractivity contribution in [1.82, 2.24) is 87.6 Å². The van der Waals surface area contributed by atoms with E-state index in [2.05, 4.69) is 63.1 Å². The lowest BCUT2D eigenvalue weighted by Crippen LogP contribution is -2.62. The van der Waals surface area contributed by atoms with E-state index in [9.17, 15) is 58.2 Å². The highest BCUT2D eigenvalue weighted by molar-refractivity contribution is 8.00. The van der Waals surface area contributed by atoms with Gasteiger partial charge in [0.05, 0.1) is 25.3 Å². The van der Waals surface area contributed by atoms with Gasteiger partial charge in [0.2, 0.25) is 100 Å². The molecule has 135 heavy (non-hydrogen) atoms. The molecule has 3 saturated heterocycles. The van der Waals surface area contributed by atoms with Crippen molar-refractivity contribution in [3.63, 3.8) is 0 Å². The Kier molecular flexibility index (Phi) is 39.8. The zero-order valence-electron chi connectivity index (χ0n) is 77.7. The lowest BCUT2D eigenvalue weighted by molar-refractivity contribution is -0.149. The van der Waals surface area contributed by atoms with Gasteiger partial charge in [-0.05, 0) is 130 Å². The third kappa shape index (κ3) is 29.2. The van der Waals surface area contributed by atoms with E-state index in [-0.39, 0.29) is 102 Å². The van der Waals surface area contributed by atoms with Crippen LogP contribution in [0.25, 0.3) is 21.8 Å². The average Bonchev–Trinajstić information content (AvgIpc) is 1.77. The van der Waals surface area contributed by atoms with Crippen LogP contribution in [0.15, 0.2) is 116 Å². The number of aromatic amines is 2. The minimum Gasteiger partial charge on any atom is -0.508 e. The number of phenols is 1. The molecule has 732 valence electrons. The fourth-order valence-electron chi connectivity index (χ4n) is 17.2. The predicted octanol–water partition coefficient (Wildman–Crippen LogP) is -0.962. The van der Waals surface area contributed by atoms with Gasteiger partial charge in [-0.1, -0.05) is 132 Å². The van der Waals surface area contributed by atoms with Crippen molar-refractivity contribution in [2.45, 2.75) is 228 Å². The molecular formula is C94H131N21O19S. The third-order valence-electron chi connectivity index (χ3n) is 24.8. The van der Waals surface area contributed by atoms with E-state index in [1.165, 1.54) is 67.0 Å². The maximum absolute atomic E-state index is 15.8. The molecule has 0 aliphatic carbocycles. The number of primary amides is 2. The number of aromatic hydroxyl groups is 1. The Balaban J connectivity index is 1.10. The molecule has 4 aromatic carbocycles. The van der Waals surface area contributed by atoms with E-state index in [0.717, 1.165) is 27.1 Å². The second kappa shape index (κ2) is 50.9. The molecule has 22 N–H and O–H groups in total. The summed E-state index contributed by atoms with van der Waals surface area (Å²) in [6.07, 6.45) is 4.06. The molecule has 6 aromatic rings. The maximum Gasteiger partial charge on any atom is 0.246 e. The van der Waals surface area contributed by atoms with Crippen molar-refractivity contribution in [2.75, 3.05) is 72.0 Å². The topological polar surface area (TPSA) is 603 Å². The molecule has 17 amide bonds. The maximum atomic E-state index is 15.8. The molecule has 15 atom stereocenters. The van der Waals surface area contributed by atoms with Crippen molar-refractivity contribution < 1.29 is 91.7 Å². The molecule has 0 spiro atoms. The number of aliphatic hydroxyl groups is 1. The van der Waals surface area contributed by atoms with E-state index >= 15 is 33.6 Å². The van der Waals surface area contributed by atoms with Crippen LogP contribution in [0.5, 0.6) is 5.75 Å². The van der Waals surface area contributed by atoms with E-state index in [1.807, 2.05) is 44.2 Å². The zero-order chi connectivity index (χ0) is 98.4. The molecule has 5 heterocycles. The number of hydrogen-bond acceptors (Lipinski definition) is 22. The monoisotopic (exact) mass is 1890 g/mol. The van der Waals surface area contributed by atoms with Crippen LogP contribution < -0.4 is 76.1 Å². The van der Waals surface area contributed by atoms with Crippen molar-refractivity contribution in [3.05, 3.63) is 138 Å². The van der Waals surface area contributed by atoms with Crippen LogP contribution in [0.2, 0.25) is 0 Å². The number of phenolic OH excluding ortho intramolecular Hbond substituents is 1. The van der Waals surface area contributed by atoms with Gasteiger partial charge in [0.25, 0.3) is 0 Å². The molecule has 0 bridgehead atoms. The van der Waals surface area contributed by atoms with Crippen molar-refractivity contribution in [1.29, 1.82) is 0 Å². The Morgan fingerprint density at radius 1 is 0.504 bits per heavy atom. The molecule has 40 nitrogen and oxygen atoms in total. The third-order valence-corrected chi connectivity index (χ3v) is 25.8. The van der Waals surface area contributed by atoms with Crippen LogP contribution in [0.1, 0.15) is 140 Å². The first-order chi connectivity index (χ1) is 64.5. The second-order valence-electron chi connectivity index (χ2n) is 35.3. The first-order valence-corrected chi connectivity index (χ1v) is 47.1. The first kappa shape index (κ1) is 106. The van der Waals surface area contributed by atoms with Gasteiger partial charge in [0.1, 0.15) is 90.3 Å². The Labute approximate surface area is 788 Å². The highest BCUT2D eigenvalue weighted by Gasteiger charge is 2.47. The summed E-state index contributed by atoms with van der Waals surface area (Å²) in [7, 11) is 3.97. The number of carbonyl (C=O) groups is 17. The van der Waals surface area contributed by atoms with E-state index in [1.54, 1.807) is 74.8 Å². The van der Waals surface area contributed by atoms with Crippen LogP contribution in [-0.2, 0) is 107 Å². The van der Waals surface area contributed by atoms with Gasteiger partial charge in [-0.25, -0.2) is 0 Å². The number of hydrogen-bond donors (Lipinski definition) is 18. The van der Waals surface area contributed by atoms with Crippen LogP contribution in [0.3, 0.4) is 0 Å². The molecule has 0 saturated carbocycles. The number of thioether (sulfide) groups is 1. The molecule has 0 radical (unpaired) electrons. The molecular weight excluding hydrogens is 1760 g/mol. The van der Waals surface area contributed by atoms with Crippen LogP contribution in [0, 0.1) is 11.8 Å². The Morgan fingerprint density at radius 2 is 1.02 bits per heavy atom. The smallest absolute Gasteiger partial charge is 0.246 e. The van der Waals surface area contributed by atoms with Crippen LogP contribution >= 0.6 is 11.8 Å². The minimum atomic E-state index is -1.86. The normalized spacial score (nSPS) is 24.8. The van der Waals surface area contributed by atoms with E-state index < -0.39 is 229 Å². The molecule has 3 aliphatic heterocycles. The molecule has 3 aliphatic rings. The van der Waals surface area contributed by atoms with Crippen LogP contribution in [0.4, 0.5) is 0 Å². The fraction of sp³-hybridized carbons (Fsp3) is 0.521. The van der Waals surface area contributed by atoms with Gasteiger partial charge in [-0.15, -0.1) is 11.8 Å². The summed E-state index contributed by atoms with van der Waals surface area (Å²) in [5, 5.41) is 49.5. The Bertz CT molecular complexity index is 5170. The van der Waals surface area contributed by atoms with Gasteiger partial charge in [0, 0.05) is 100.0 Å². The number of amides is 17. The molecule has 0 unspecified atom stereocenters. The zero-order valence-corrected chi connectivity index (χ0v) is 78.5. The summed E-state index contributed by atoms with van der Waals surface area (Å²) < 4.78 is 0. The number of nitrogens with one attached hydrogen (secondary N) is 12. The lowest BCUT2D eigenvalue weighted by atomic mass is 9.96. The quantitative estimate of drug-likeness (QED) is 0.0311. The number of aromatic nitrogens is 2. The number of rotatable bonds is 26. The number of unbranched alkanes of at least 4 members (excludes halogenated alkanes) is 2. The number of likely N-dealkylation sites (N-methyl/N-ethyl adjacent to an activating group) is 3. The van der Waals surface area contributed by atoms with Crippen molar-refractivity contribution >= 4 is 134 Å². The number of H-pyrrole nitrogens is 2. The minimum absolute atomic E-state index is 0.00313. The van der Waals surface area contributed by atoms with Gasteiger partial charge in [0.15, 0.2) is 0 Å². The van der Waals surface area contributed by atoms with Gasteiger partial charge in [-0.3, -0.25) is 81.5 Å². The van der Waals surface area contributed by atoms with Gasteiger partial charge >= 0.3 is 0 Å².